The molecule has 20 heavy (non-hydrogen) atoms. The Morgan fingerprint density at radius 3 is 2.70 bits per heavy atom. The van der Waals surface area contributed by atoms with Crippen molar-refractivity contribution in [2.45, 2.75) is 45.1 Å². The van der Waals surface area contributed by atoms with Crippen LogP contribution in [0.1, 0.15) is 54.4 Å². The number of aromatic carboxylic acids is 1. The highest BCUT2D eigenvalue weighted by atomic mass is 16.4. The molecule has 0 heterocycles. The highest BCUT2D eigenvalue weighted by Gasteiger charge is 2.03. The molecule has 3 nitrogen and oxygen atoms in total. The lowest BCUT2D eigenvalue weighted by molar-refractivity contribution is 0.0697. The summed E-state index contributed by atoms with van der Waals surface area (Å²) in [6.07, 6.45) is 10.1. The molecular formula is C17H23NO2. The smallest absolute Gasteiger partial charge is 0.335 e. The Morgan fingerprint density at radius 1 is 1.15 bits per heavy atom. The number of benzene rings is 1. The Morgan fingerprint density at radius 2 is 1.95 bits per heavy atom. The number of hydrogen-bond acceptors (Lipinski definition) is 2. The molecule has 0 saturated carbocycles. The Kier molecular flexibility index (Phi) is 5.81. The van der Waals surface area contributed by atoms with E-state index in [9.17, 15) is 4.79 Å². The molecule has 0 saturated heterocycles. The number of rotatable bonds is 6. The maximum Gasteiger partial charge on any atom is 0.335 e. The normalized spacial score (nSPS) is 15.5. The van der Waals surface area contributed by atoms with Gasteiger partial charge in [-0.15, -0.1) is 0 Å². The van der Waals surface area contributed by atoms with Crippen molar-refractivity contribution in [1.29, 1.82) is 0 Å². The van der Waals surface area contributed by atoms with Crippen LogP contribution in [0.5, 0.6) is 0 Å². The predicted molar refractivity (Wildman–Crippen MR) is 80.9 cm³/mol. The number of carboxylic acids is 1. The van der Waals surface area contributed by atoms with Gasteiger partial charge in [0.2, 0.25) is 0 Å². The maximum absolute atomic E-state index is 10.8. The van der Waals surface area contributed by atoms with Gasteiger partial charge >= 0.3 is 5.97 Å². The zero-order valence-electron chi connectivity index (χ0n) is 11.9. The quantitative estimate of drug-likeness (QED) is 0.613. The third-order valence-corrected chi connectivity index (χ3v) is 3.79. The summed E-state index contributed by atoms with van der Waals surface area (Å²) in [7, 11) is 0. The third kappa shape index (κ3) is 4.82. The molecule has 0 fully saturated rings. The first-order chi connectivity index (χ1) is 9.75. The minimum atomic E-state index is -0.871. The van der Waals surface area contributed by atoms with Crippen molar-refractivity contribution in [3.8, 4) is 0 Å². The maximum atomic E-state index is 10.8. The molecule has 1 aliphatic carbocycles. The van der Waals surface area contributed by atoms with Gasteiger partial charge in [0.05, 0.1) is 5.56 Å². The van der Waals surface area contributed by atoms with Crippen molar-refractivity contribution >= 4 is 5.97 Å². The van der Waals surface area contributed by atoms with E-state index in [1.807, 2.05) is 12.1 Å². The molecule has 0 aliphatic heterocycles. The average molecular weight is 273 g/mol. The number of nitrogens with one attached hydrogen (secondary N) is 1. The number of allylic oxidation sites excluding steroid dienone is 1. The molecule has 1 aromatic rings. The second-order valence-electron chi connectivity index (χ2n) is 5.39. The van der Waals surface area contributed by atoms with Crippen molar-refractivity contribution in [3.05, 3.63) is 47.0 Å². The van der Waals surface area contributed by atoms with E-state index in [-0.39, 0.29) is 0 Å². The van der Waals surface area contributed by atoms with Crippen LogP contribution < -0.4 is 5.32 Å². The van der Waals surface area contributed by atoms with Crippen LogP contribution in [0.4, 0.5) is 0 Å². The summed E-state index contributed by atoms with van der Waals surface area (Å²) in [6.45, 7) is 1.79. The van der Waals surface area contributed by atoms with E-state index in [0.717, 1.165) is 25.1 Å². The molecule has 0 amide bonds. The van der Waals surface area contributed by atoms with Crippen LogP contribution in [0.15, 0.2) is 35.9 Å². The average Bonchev–Trinajstić information content (AvgIpc) is 2.73. The highest BCUT2D eigenvalue weighted by molar-refractivity contribution is 5.87. The summed E-state index contributed by atoms with van der Waals surface area (Å²) in [6, 6.07) is 7.07. The molecule has 1 aromatic carbocycles. The fourth-order valence-electron chi connectivity index (χ4n) is 2.56. The largest absolute Gasteiger partial charge is 0.478 e. The molecule has 0 unspecified atom stereocenters. The van der Waals surface area contributed by atoms with Crippen molar-refractivity contribution in [2.75, 3.05) is 6.54 Å². The minimum Gasteiger partial charge on any atom is -0.478 e. The second kappa shape index (κ2) is 7.85. The van der Waals surface area contributed by atoms with Gasteiger partial charge in [0.15, 0.2) is 0 Å². The van der Waals surface area contributed by atoms with E-state index < -0.39 is 5.97 Å². The van der Waals surface area contributed by atoms with Crippen molar-refractivity contribution in [1.82, 2.24) is 5.32 Å². The van der Waals surface area contributed by atoms with E-state index >= 15 is 0 Å². The third-order valence-electron chi connectivity index (χ3n) is 3.79. The Bertz CT molecular complexity index is 462. The second-order valence-corrected chi connectivity index (χ2v) is 5.39. The fourth-order valence-corrected chi connectivity index (χ4v) is 2.56. The Hall–Kier alpha value is -1.61. The molecule has 0 atom stereocenters. The predicted octanol–water partition coefficient (Wildman–Crippen LogP) is 3.76. The summed E-state index contributed by atoms with van der Waals surface area (Å²) in [5.74, 6) is -0.871. The molecule has 0 bridgehead atoms. The molecule has 2 N–H and O–H groups in total. The summed E-state index contributed by atoms with van der Waals surface area (Å²) in [5, 5.41) is 12.3. The summed E-state index contributed by atoms with van der Waals surface area (Å²) < 4.78 is 0. The van der Waals surface area contributed by atoms with Crippen LogP contribution in [0.2, 0.25) is 0 Å². The molecule has 3 heteroatoms. The van der Waals surface area contributed by atoms with Crippen LogP contribution in [-0.4, -0.2) is 17.6 Å². The molecule has 2 rings (SSSR count). The van der Waals surface area contributed by atoms with Gasteiger partial charge in [0, 0.05) is 6.54 Å². The topological polar surface area (TPSA) is 49.3 Å². The number of hydrogen-bond donors (Lipinski definition) is 2. The lowest BCUT2D eigenvalue weighted by Crippen LogP contribution is -2.15. The number of carboxylic acid groups (broad SMARTS) is 1. The molecule has 0 aromatic heterocycles. The van der Waals surface area contributed by atoms with Gasteiger partial charge in [-0.2, -0.15) is 0 Å². The summed E-state index contributed by atoms with van der Waals surface area (Å²) in [5.41, 5.74) is 3.07. The molecule has 0 spiro atoms. The monoisotopic (exact) mass is 273 g/mol. The standard InChI is InChI=1S/C17H23NO2/c19-17(20)16-9-7-15(8-10-16)13-18-12-11-14-5-3-1-2-4-6-14/h5,7-10,18H,1-4,6,11-13H2,(H,19,20). The van der Waals surface area contributed by atoms with Crippen LogP contribution >= 0.6 is 0 Å². The van der Waals surface area contributed by atoms with E-state index in [0.29, 0.717) is 5.56 Å². The van der Waals surface area contributed by atoms with Crippen molar-refractivity contribution in [2.24, 2.45) is 0 Å². The van der Waals surface area contributed by atoms with Crippen molar-refractivity contribution in [3.63, 3.8) is 0 Å². The fraction of sp³-hybridized carbons (Fsp3) is 0.471. The molecule has 1 aliphatic rings. The van der Waals surface area contributed by atoms with E-state index in [4.69, 9.17) is 5.11 Å². The summed E-state index contributed by atoms with van der Waals surface area (Å²) in [4.78, 5) is 10.8. The van der Waals surface area contributed by atoms with Gasteiger partial charge in [-0.1, -0.05) is 30.2 Å². The van der Waals surface area contributed by atoms with Gasteiger partial charge in [-0.25, -0.2) is 4.79 Å². The van der Waals surface area contributed by atoms with Gasteiger partial charge in [0.1, 0.15) is 0 Å². The first kappa shape index (κ1) is 14.8. The first-order valence-corrected chi connectivity index (χ1v) is 7.46. The highest BCUT2D eigenvalue weighted by Crippen LogP contribution is 2.19. The first-order valence-electron chi connectivity index (χ1n) is 7.46. The SMILES string of the molecule is O=C(O)c1ccc(CNCCC2=CCCCCC2)cc1. The van der Waals surface area contributed by atoms with Gasteiger partial charge < -0.3 is 10.4 Å². The lowest BCUT2D eigenvalue weighted by atomic mass is 10.1. The van der Waals surface area contributed by atoms with Crippen LogP contribution in [0.3, 0.4) is 0 Å². The van der Waals surface area contributed by atoms with E-state index in [1.54, 1.807) is 17.7 Å². The zero-order valence-corrected chi connectivity index (χ0v) is 11.9. The number of carbonyl (C=O) groups is 1. The van der Waals surface area contributed by atoms with Gasteiger partial charge in [-0.3, -0.25) is 0 Å². The van der Waals surface area contributed by atoms with Crippen LogP contribution in [-0.2, 0) is 6.54 Å². The van der Waals surface area contributed by atoms with E-state index in [1.165, 1.54) is 32.1 Å². The summed E-state index contributed by atoms with van der Waals surface area (Å²) >= 11 is 0. The molecular weight excluding hydrogens is 250 g/mol. The Labute approximate surface area is 120 Å². The lowest BCUT2D eigenvalue weighted by Gasteiger charge is -2.07. The van der Waals surface area contributed by atoms with E-state index in [2.05, 4.69) is 11.4 Å². The molecule has 0 radical (unpaired) electrons. The van der Waals surface area contributed by atoms with Crippen LogP contribution in [0, 0.1) is 0 Å². The zero-order chi connectivity index (χ0) is 14.2. The van der Waals surface area contributed by atoms with Gasteiger partial charge in [-0.05, 0) is 56.3 Å². The minimum absolute atomic E-state index is 0.345. The Balaban J connectivity index is 1.70. The molecule has 108 valence electrons. The van der Waals surface area contributed by atoms with Crippen LogP contribution in [0.25, 0.3) is 0 Å². The van der Waals surface area contributed by atoms with Crippen molar-refractivity contribution < 1.29 is 9.90 Å². The van der Waals surface area contributed by atoms with Gasteiger partial charge in [0.25, 0.3) is 0 Å².